The van der Waals surface area contributed by atoms with Crippen molar-refractivity contribution in [3.05, 3.63) is 35.1 Å². The first-order valence-electron chi connectivity index (χ1n) is 6.11. The summed E-state index contributed by atoms with van der Waals surface area (Å²) in [6, 6.07) is 6.16. The van der Waals surface area contributed by atoms with Crippen LogP contribution in [0, 0.1) is 23.1 Å². The smallest absolute Gasteiger partial charge is 0.307 e. The van der Waals surface area contributed by atoms with Crippen molar-refractivity contribution in [1.82, 2.24) is 4.90 Å². The number of nitriles is 1. The molecule has 1 atom stereocenters. The molecule has 0 saturated heterocycles. The summed E-state index contributed by atoms with van der Waals surface area (Å²) in [7, 11) is 0. The van der Waals surface area contributed by atoms with E-state index in [1.807, 2.05) is 17.9 Å². The monoisotopic (exact) mass is 264 g/mol. The minimum absolute atomic E-state index is 0.301. The molecule has 1 rings (SSSR count). The first kappa shape index (κ1) is 15.1. The zero-order valence-electron chi connectivity index (χ0n) is 11.1. The lowest BCUT2D eigenvalue weighted by Crippen LogP contribution is -2.31. The molecule has 0 aliphatic carbocycles. The van der Waals surface area contributed by atoms with Crippen molar-refractivity contribution in [1.29, 1.82) is 5.26 Å². The maximum Gasteiger partial charge on any atom is 0.307 e. The predicted octanol–water partition coefficient (Wildman–Crippen LogP) is 2.24. The van der Waals surface area contributed by atoms with Gasteiger partial charge in [-0.25, -0.2) is 4.39 Å². The summed E-state index contributed by atoms with van der Waals surface area (Å²) in [6.07, 6.45) is 0. The highest BCUT2D eigenvalue weighted by Gasteiger charge is 2.16. The topological polar surface area (TPSA) is 64.3 Å². The molecule has 0 spiro atoms. The van der Waals surface area contributed by atoms with E-state index in [0.29, 0.717) is 30.8 Å². The molecule has 0 saturated carbocycles. The normalized spacial score (nSPS) is 12.2. The number of nitrogens with zero attached hydrogens (tertiary/aromatic N) is 2. The Morgan fingerprint density at radius 3 is 2.79 bits per heavy atom. The van der Waals surface area contributed by atoms with E-state index in [-0.39, 0.29) is 5.82 Å². The summed E-state index contributed by atoms with van der Waals surface area (Å²) in [4.78, 5) is 12.7. The number of hydrogen-bond donors (Lipinski definition) is 1. The van der Waals surface area contributed by atoms with Gasteiger partial charge in [0, 0.05) is 18.7 Å². The summed E-state index contributed by atoms with van der Waals surface area (Å²) >= 11 is 0. The number of carbonyl (C=O) groups is 1. The fraction of sp³-hybridized carbons (Fsp3) is 0.429. The van der Waals surface area contributed by atoms with Crippen LogP contribution >= 0.6 is 0 Å². The quantitative estimate of drug-likeness (QED) is 0.855. The van der Waals surface area contributed by atoms with Crippen molar-refractivity contribution in [3.8, 4) is 6.07 Å². The van der Waals surface area contributed by atoms with Crippen LogP contribution in [-0.4, -0.2) is 29.1 Å². The Morgan fingerprint density at radius 1 is 1.58 bits per heavy atom. The summed E-state index contributed by atoms with van der Waals surface area (Å²) < 4.78 is 13.6. The molecule has 4 nitrogen and oxygen atoms in total. The Kier molecular flexibility index (Phi) is 5.46. The second-order valence-corrected chi connectivity index (χ2v) is 4.49. The van der Waals surface area contributed by atoms with E-state index >= 15 is 0 Å². The Balaban J connectivity index is 2.81. The highest BCUT2D eigenvalue weighted by Crippen LogP contribution is 2.14. The van der Waals surface area contributed by atoms with Gasteiger partial charge in [-0.3, -0.25) is 9.69 Å². The minimum Gasteiger partial charge on any atom is -0.481 e. The molecule has 19 heavy (non-hydrogen) atoms. The van der Waals surface area contributed by atoms with Gasteiger partial charge in [-0.15, -0.1) is 0 Å². The number of halogens is 1. The number of hydrogen-bond acceptors (Lipinski definition) is 3. The van der Waals surface area contributed by atoms with Crippen molar-refractivity contribution >= 4 is 5.97 Å². The molecule has 0 amide bonds. The van der Waals surface area contributed by atoms with Crippen LogP contribution in [0.5, 0.6) is 0 Å². The van der Waals surface area contributed by atoms with Crippen LogP contribution in [0.4, 0.5) is 4.39 Å². The third-order valence-electron chi connectivity index (χ3n) is 2.97. The molecule has 0 aromatic heterocycles. The standard InChI is InChI=1S/C14H17FN2O2/c1-3-17(8-10(2)14(18)19)9-12-6-11(7-16)4-5-13(12)15/h4-6,10H,3,8-9H2,1-2H3,(H,18,19). The number of rotatable bonds is 6. The van der Waals surface area contributed by atoms with Gasteiger partial charge in [-0.2, -0.15) is 5.26 Å². The van der Waals surface area contributed by atoms with E-state index in [1.54, 1.807) is 6.92 Å². The lowest BCUT2D eigenvalue weighted by atomic mass is 10.1. The zero-order chi connectivity index (χ0) is 14.4. The fourth-order valence-corrected chi connectivity index (χ4v) is 1.78. The van der Waals surface area contributed by atoms with Gasteiger partial charge in [0.05, 0.1) is 17.6 Å². The van der Waals surface area contributed by atoms with Crippen LogP contribution in [0.1, 0.15) is 25.0 Å². The van der Waals surface area contributed by atoms with Crippen LogP contribution in [0.15, 0.2) is 18.2 Å². The maximum atomic E-state index is 13.6. The van der Waals surface area contributed by atoms with Gasteiger partial charge in [-0.1, -0.05) is 13.8 Å². The molecule has 0 bridgehead atoms. The molecular weight excluding hydrogens is 247 g/mol. The molecule has 0 fully saturated rings. The number of carboxylic acid groups (broad SMARTS) is 1. The molecule has 1 unspecified atom stereocenters. The van der Waals surface area contributed by atoms with Crippen molar-refractivity contribution in [2.45, 2.75) is 20.4 Å². The van der Waals surface area contributed by atoms with Gasteiger partial charge >= 0.3 is 5.97 Å². The molecule has 102 valence electrons. The molecule has 1 aromatic rings. The lowest BCUT2D eigenvalue weighted by Gasteiger charge is -2.22. The molecule has 5 heteroatoms. The second-order valence-electron chi connectivity index (χ2n) is 4.49. The van der Waals surface area contributed by atoms with E-state index in [1.165, 1.54) is 18.2 Å². The van der Waals surface area contributed by atoms with Gasteiger partial charge in [0.15, 0.2) is 0 Å². The summed E-state index contributed by atoms with van der Waals surface area (Å²) in [6.45, 7) is 4.78. The predicted molar refractivity (Wildman–Crippen MR) is 68.9 cm³/mol. The first-order chi connectivity index (χ1) is 8.97. The molecule has 1 N–H and O–H groups in total. The van der Waals surface area contributed by atoms with E-state index in [0.717, 1.165) is 0 Å². The van der Waals surface area contributed by atoms with E-state index in [2.05, 4.69) is 0 Å². The van der Waals surface area contributed by atoms with Gasteiger partial charge in [0.25, 0.3) is 0 Å². The largest absolute Gasteiger partial charge is 0.481 e. The van der Waals surface area contributed by atoms with Crippen molar-refractivity contribution in [2.75, 3.05) is 13.1 Å². The Bertz CT molecular complexity index is 497. The Labute approximate surface area is 112 Å². The summed E-state index contributed by atoms with van der Waals surface area (Å²) in [5, 5.41) is 17.7. The van der Waals surface area contributed by atoms with E-state index < -0.39 is 11.9 Å². The lowest BCUT2D eigenvalue weighted by molar-refractivity contribution is -0.141. The van der Waals surface area contributed by atoms with Gasteiger partial charge in [0.1, 0.15) is 5.82 Å². The zero-order valence-corrected chi connectivity index (χ0v) is 11.1. The number of carboxylic acids is 1. The van der Waals surface area contributed by atoms with Crippen molar-refractivity contribution in [2.24, 2.45) is 5.92 Å². The Hall–Kier alpha value is -1.93. The third kappa shape index (κ3) is 4.34. The van der Waals surface area contributed by atoms with Crippen LogP contribution in [-0.2, 0) is 11.3 Å². The van der Waals surface area contributed by atoms with E-state index in [9.17, 15) is 9.18 Å². The molecule has 0 radical (unpaired) electrons. The highest BCUT2D eigenvalue weighted by atomic mass is 19.1. The van der Waals surface area contributed by atoms with Crippen LogP contribution in [0.3, 0.4) is 0 Å². The minimum atomic E-state index is -0.871. The molecule has 0 heterocycles. The SMILES string of the molecule is CCN(Cc1cc(C#N)ccc1F)CC(C)C(=O)O. The maximum absolute atomic E-state index is 13.6. The highest BCUT2D eigenvalue weighted by molar-refractivity contribution is 5.69. The van der Waals surface area contributed by atoms with Crippen molar-refractivity contribution in [3.63, 3.8) is 0 Å². The Morgan fingerprint density at radius 2 is 2.26 bits per heavy atom. The van der Waals surface area contributed by atoms with Gasteiger partial charge in [0.2, 0.25) is 0 Å². The summed E-state index contributed by atoms with van der Waals surface area (Å²) in [5.41, 5.74) is 0.817. The molecular formula is C14H17FN2O2. The van der Waals surface area contributed by atoms with Crippen LogP contribution in [0.25, 0.3) is 0 Å². The first-order valence-corrected chi connectivity index (χ1v) is 6.11. The second kappa shape index (κ2) is 6.86. The molecule has 0 aliphatic heterocycles. The molecule has 1 aromatic carbocycles. The van der Waals surface area contributed by atoms with Crippen LogP contribution in [0.2, 0.25) is 0 Å². The summed E-state index contributed by atoms with van der Waals surface area (Å²) in [5.74, 6) is -1.76. The molecule has 0 aliphatic rings. The van der Waals surface area contributed by atoms with Crippen molar-refractivity contribution < 1.29 is 14.3 Å². The van der Waals surface area contributed by atoms with Gasteiger partial charge < -0.3 is 5.11 Å². The fourth-order valence-electron chi connectivity index (χ4n) is 1.78. The third-order valence-corrected chi connectivity index (χ3v) is 2.97. The van der Waals surface area contributed by atoms with E-state index in [4.69, 9.17) is 10.4 Å². The van der Waals surface area contributed by atoms with Crippen LogP contribution < -0.4 is 0 Å². The number of benzene rings is 1. The average molecular weight is 264 g/mol. The van der Waals surface area contributed by atoms with Gasteiger partial charge in [-0.05, 0) is 24.7 Å². The average Bonchev–Trinajstić information content (AvgIpc) is 2.39. The number of aliphatic carboxylic acids is 1.